The lowest BCUT2D eigenvalue weighted by molar-refractivity contribution is 0.315. The van der Waals surface area contributed by atoms with Crippen LogP contribution in [0.3, 0.4) is 0 Å². The van der Waals surface area contributed by atoms with Crippen LogP contribution >= 0.6 is 0 Å². The smallest absolute Gasteiger partial charge is 0.213 e. The Bertz CT molecular complexity index is 305. The molecule has 1 aliphatic rings. The fourth-order valence-electron chi connectivity index (χ4n) is 1.63. The van der Waals surface area contributed by atoms with Crippen molar-refractivity contribution in [3.8, 4) is 0 Å². The normalized spacial score (nSPS) is 20.9. The zero-order valence-corrected chi connectivity index (χ0v) is 9.18. The van der Waals surface area contributed by atoms with Crippen molar-refractivity contribution in [1.29, 1.82) is 5.41 Å². The number of nitrogens with two attached hydrogens (primary N) is 1. The SMILES string of the molecule is CCS(=O)(=O)N1CCC(C(=N)N)CC1. The van der Waals surface area contributed by atoms with E-state index in [0.29, 0.717) is 25.9 Å². The zero-order valence-electron chi connectivity index (χ0n) is 8.36. The van der Waals surface area contributed by atoms with Gasteiger partial charge in [-0.05, 0) is 19.8 Å². The van der Waals surface area contributed by atoms with Crippen molar-refractivity contribution in [1.82, 2.24) is 4.31 Å². The summed E-state index contributed by atoms with van der Waals surface area (Å²) in [6.45, 7) is 2.65. The largest absolute Gasteiger partial charge is 0.387 e. The molecule has 1 heterocycles. The highest BCUT2D eigenvalue weighted by atomic mass is 32.2. The van der Waals surface area contributed by atoms with Crippen LogP contribution in [0.5, 0.6) is 0 Å². The van der Waals surface area contributed by atoms with Gasteiger partial charge in [0.1, 0.15) is 0 Å². The topological polar surface area (TPSA) is 87.2 Å². The fraction of sp³-hybridized carbons (Fsp3) is 0.875. The minimum atomic E-state index is -3.05. The number of piperidine rings is 1. The molecule has 0 aromatic heterocycles. The molecule has 0 atom stereocenters. The Balaban J connectivity index is 2.56. The second-order valence-electron chi connectivity index (χ2n) is 3.53. The molecular formula is C8H17N3O2S. The van der Waals surface area contributed by atoms with Gasteiger partial charge in [-0.3, -0.25) is 5.41 Å². The monoisotopic (exact) mass is 219 g/mol. The van der Waals surface area contributed by atoms with E-state index in [-0.39, 0.29) is 17.5 Å². The molecule has 3 N–H and O–H groups in total. The van der Waals surface area contributed by atoms with Crippen LogP contribution in [0.2, 0.25) is 0 Å². The molecule has 0 aromatic rings. The second-order valence-corrected chi connectivity index (χ2v) is 5.79. The quantitative estimate of drug-likeness (QED) is 0.516. The van der Waals surface area contributed by atoms with Crippen LogP contribution in [0, 0.1) is 11.3 Å². The Morgan fingerprint density at radius 3 is 2.36 bits per heavy atom. The number of amidine groups is 1. The van der Waals surface area contributed by atoms with Gasteiger partial charge in [0, 0.05) is 19.0 Å². The number of hydrogen-bond acceptors (Lipinski definition) is 3. The summed E-state index contributed by atoms with van der Waals surface area (Å²) in [4.78, 5) is 0. The lowest BCUT2D eigenvalue weighted by Gasteiger charge is -2.30. The molecule has 6 heteroatoms. The van der Waals surface area contributed by atoms with Gasteiger partial charge in [-0.1, -0.05) is 0 Å². The van der Waals surface area contributed by atoms with Crippen molar-refractivity contribution >= 4 is 15.9 Å². The molecule has 0 saturated carbocycles. The predicted octanol–water partition coefficient (Wildman–Crippen LogP) is -0.0159. The summed E-state index contributed by atoms with van der Waals surface area (Å²) in [6, 6.07) is 0. The van der Waals surface area contributed by atoms with E-state index >= 15 is 0 Å². The third-order valence-electron chi connectivity index (χ3n) is 2.65. The van der Waals surface area contributed by atoms with Gasteiger partial charge in [-0.2, -0.15) is 0 Å². The Kier molecular flexibility index (Phi) is 3.49. The first kappa shape index (κ1) is 11.5. The van der Waals surface area contributed by atoms with Crippen molar-refractivity contribution in [2.75, 3.05) is 18.8 Å². The van der Waals surface area contributed by atoms with Crippen LogP contribution < -0.4 is 5.73 Å². The molecule has 82 valence electrons. The van der Waals surface area contributed by atoms with Crippen LogP contribution in [-0.4, -0.2) is 37.4 Å². The van der Waals surface area contributed by atoms with E-state index in [9.17, 15) is 8.42 Å². The lowest BCUT2D eigenvalue weighted by Crippen LogP contribution is -2.42. The van der Waals surface area contributed by atoms with E-state index in [2.05, 4.69) is 0 Å². The van der Waals surface area contributed by atoms with Gasteiger partial charge in [0.25, 0.3) is 0 Å². The highest BCUT2D eigenvalue weighted by Crippen LogP contribution is 2.19. The first-order valence-electron chi connectivity index (χ1n) is 4.79. The van der Waals surface area contributed by atoms with E-state index in [1.165, 1.54) is 4.31 Å². The third-order valence-corrected chi connectivity index (χ3v) is 4.53. The Morgan fingerprint density at radius 1 is 1.50 bits per heavy atom. The maximum atomic E-state index is 11.5. The zero-order chi connectivity index (χ0) is 10.8. The minimum Gasteiger partial charge on any atom is -0.387 e. The van der Waals surface area contributed by atoms with Crippen molar-refractivity contribution < 1.29 is 8.42 Å². The van der Waals surface area contributed by atoms with Gasteiger partial charge in [0.05, 0.1) is 11.6 Å². The average Bonchev–Trinajstić information content (AvgIpc) is 2.18. The molecule has 0 spiro atoms. The van der Waals surface area contributed by atoms with Crippen LogP contribution in [0.4, 0.5) is 0 Å². The van der Waals surface area contributed by atoms with E-state index in [4.69, 9.17) is 11.1 Å². The summed E-state index contributed by atoms with van der Waals surface area (Å²) < 4.78 is 24.4. The maximum absolute atomic E-state index is 11.5. The van der Waals surface area contributed by atoms with Crippen LogP contribution in [0.25, 0.3) is 0 Å². The molecule has 1 aliphatic heterocycles. The summed E-state index contributed by atoms with van der Waals surface area (Å²) in [5, 5.41) is 7.27. The average molecular weight is 219 g/mol. The summed E-state index contributed by atoms with van der Waals surface area (Å²) in [6.07, 6.45) is 1.35. The molecule has 5 nitrogen and oxygen atoms in total. The third kappa shape index (κ3) is 2.45. The molecule has 0 radical (unpaired) electrons. The predicted molar refractivity (Wildman–Crippen MR) is 55.7 cm³/mol. The van der Waals surface area contributed by atoms with Crippen molar-refractivity contribution in [2.24, 2.45) is 11.7 Å². The molecule has 1 rings (SSSR count). The summed E-state index contributed by atoms with van der Waals surface area (Å²) in [7, 11) is -3.05. The van der Waals surface area contributed by atoms with Gasteiger partial charge in [0.2, 0.25) is 10.0 Å². The van der Waals surface area contributed by atoms with Gasteiger partial charge in [-0.25, -0.2) is 12.7 Å². The van der Waals surface area contributed by atoms with E-state index in [1.54, 1.807) is 6.92 Å². The molecule has 0 aliphatic carbocycles. The number of hydrogen-bond donors (Lipinski definition) is 2. The minimum absolute atomic E-state index is 0.0679. The number of sulfonamides is 1. The molecule has 0 unspecified atom stereocenters. The molecule has 0 aromatic carbocycles. The summed E-state index contributed by atoms with van der Waals surface area (Å²) >= 11 is 0. The van der Waals surface area contributed by atoms with E-state index in [1.807, 2.05) is 0 Å². The van der Waals surface area contributed by atoms with Crippen LogP contribution in [-0.2, 0) is 10.0 Å². The second kappa shape index (κ2) is 4.27. The van der Waals surface area contributed by atoms with E-state index in [0.717, 1.165) is 0 Å². The first-order valence-corrected chi connectivity index (χ1v) is 6.40. The molecule has 1 saturated heterocycles. The Labute approximate surface area is 84.8 Å². The fourth-order valence-corrected chi connectivity index (χ4v) is 2.76. The number of nitrogens with zero attached hydrogens (tertiary/aromatic N) is 1. The number of rotatable bonds is 3. The van der Waals surface area contributed by atoms with Crippen LogP contribution in [0.15, 0.2) is 0 Å². The van der Waals surface area contributed by atoms with Gasteiger partial charge in [-0.15, -0.1) is 0 Å². The lowest BCUT2D eigenvalue weighted by atomic mass is 9.97. The van der Waals surface area contributed by atoms with E-state index < -0.39 is 10.0 Å². The Hall–Kier alpha value is -0.620. The van der Waals surface area contributed by atoms with Gasteiger partial charge in [0.15, 0.2) is 0 Å². The Morgan fingerprint density at radius 2 is 2.00 bits per heavy atom. The van der Waals surface area contributed by atoms with Gasteiger partial charge >= 0.3 is 0 Å². The van der Waals surface area contributed by atoms with Crippen LogP contribution in [0.1, 0.15) is 19.8 Å². The molecule has 0 bridgehead atoms. The summed E-state index contributed by atoms with van der Waals surface area (Å²) in [5.74, 6) is 0.398. The maximum Gasteiger partial charge on any atom is 0.213 e. The molecule has 14 heavy (non-hydrogen) atoms. The standard InChI is InChI=1S/C8H17N3O2S/c1-2-14(12,13)11-5-3-7(4-6-11)8(9)10/h7H,2-6H2,1H3,(H3,9,10). The first-order chi connectivity index (χ1) is 6.47. The number of nitrogens with one attached hydrogen (secondary N) is 1. The van der Waals surface area contributed by atoms with Crippen molar-refractivity contribution in [3.63, 3.8) is 0 Å². The highest BCUT2D eigenvalue weighted by Gasteiger charge is 2.27. The summed E-state index contributed by atoms with van der Waals surface area (Å²) in [5.41, 5.74) is 5.37. The van der Waals surface area contributed by atoms with Crippen molar-refractivity contribution in [2.45, 2.75) is 19.8 Å². The van der Waals surface area contributed by atoms with Gasteiger partial charge < -0.3 is 5.73 Å². The molecule has 1 fully saturated rings. The van der Waals surface area contributed by atoms with Crippen molar-refractivity contribution in [3.05, 3.63) is 0 Å². The molecule has 0 amide bonds. The highest BCUT2D eigenvalue weighted by molar-refractivity contribution is 7.89. The molecular weight excluding hydrogens is 202 g/mol.